The van der Waals surface area contributed by atoms with Gasteiger partial charge in [0.05, 0.1) is 18.4 Å². The van der Waals surface area contributed by atoms with Gasteiger partial charge in [0, 0.05) is 16.5 Å². The summed E-state index contributed by atoms with van der Waals surface area (Å²) in [5, 5.41) is 10.5. The van der Waals surface area contributed by atoms with Crippen LogP contribution >= 0.6 is 0 Å². The molecule has 1 heterocycles. The van der Waals surface area contributed by atoms with E-state index in [9.17, 15) is 5.26 Å². The number of hydrogen-bond acceptors (Lipinski definition) is 2. The monoisotopic (exact) mass is 276 g/mol. The average Bonchev–Trinajstić information content (AvgIpc) is 2.84. The standard InChI is InChI=1S/C18H16N2O/c1-11-4-6-16-13(8-11)15(10-19)18(20-16)14-9-12(2)5-7-17(14)21-3/h4-9,20H,1-3H3. The molecule has 1 N–H and O–H groups in total. The van der Waals surface area contributed by atoms with E-state index in [1.807, 2.05) is 50.2 Å². The highest BCUT2D eigenvalue weighted by molar-refractivity contribution is 5.94. The number of fused-ring (bicyclic) bond motifs is 1. The fourth-order valence-electron chi connectivity index (χ4n) is 2.64. The lowest BCUT2D eigenvalue weighted by Gasteiger charge is -2.08. The highest BCUT2D eigenvalue weighted by Gasteiger charge is 2.16. The van der Waals surface area contributed by atoms with Crippen LogP contribution in [0.25, 0.3) is 22.2 Å². The zero-order valence-electron chi connectivity index (χ0n) is 12.3. The quantitative estimate of drug-likeness (QED) is 0.757. The van der Waals surface area contributed by atoms with Crippen LogP contribution in [0, 0.1) is 25.2 Å². The third-order valence-electron chi connectivity index (χ3n) is 3.69. The Balaban J connectivity index is 2.35. The summed E-state index contributed by atoms with van der Waals surface area (Å²) < 4.78 is 5.44. The van der Waals surface area contributed by atoms with Gasteiger partial charge in [-0.3, -0.25) is 0 Å². The maximum Gasteiger partial charge on any atom is 0.128 e. The normalized spacial score (nSPS) is 10.6. The van der Waals surface area contributed by atoms with Gasteiger partial charge in [-0.2, -0.15) is 5.26 Å². The first-order valence-corrected chi connectivity index (χ1v) is 6.81. The molecule has 0 spiro atoms. The van der Waals surface area contributed by atoms with E-state index < -0.39 is 0 Å². The number of aryl methyl sites for hydroxylation is 2. The van der Waals surface area contributed by atoms with Crippen molar-refractivity contribution in [1.29, 1.82) is 5.26 Å². The van der Waals surface area contributed by atoms with Crippen LogP contribution in [0.15, 0.2) is 36.4 Å². The predicted octanol–water partition coefficient (Wildman–Crippen LogP) is 4.33. The van der Waals surface area contributed by atoms with E-state index in [-0.39, 0.29) is 0 Å². The minimum absolute atomic E-state index is 0.664. The Labute approximate surface area is 123 Å². The Morgan fingerprint density at radius 2 is 1.76 bits per heavy atom. The zero-order valence-corrected chi connectivity index (χ0v) is 12.3. The van der Waals surface area contributed by atoms with Crippen molar-refractivity contribution in [3.05, 3.63) is 53.1 Å². The van der Waals surface area contributed by atoms with Crippen LogP contribution in [0.2, 0.25) is 0 Å². The number of hydrogen-bond donors (Lipinski definition) is 1. The molecule has 0 amide bonds. The molecule has 0 aliphatic rings. The smallest absolute Gasteiger partial charge is 0.128 e. The molecule has 0 radical (unpaired) electrons. The molecule has 0 unspecified atom stereocenters. The molecule has 0 saturated carbocycles. The van der Waals surface area contributed by atoms with Crippen LogP contribution in [0.3, 0.4) is 0 Å². The van der Waals surface area contributed by atoms with Crippen LogP contribution in [0.4, 0.5) is 0 Å². The summed E-state index contributed by atoms with van der Waals surface area (Å²) in [6.45, 7) is 4.06. The van der Waals surface area contributed by atoms with Gasteiger partial charge in [-0.1, -0.05) is 23.3 Å². The highest BCUT2D eigenvalue weighted by atomic mass is 16.5. The number of ether oxygens (including phenoxy) is 1. The number of methoxy groups -OCH3 is 1. The topological polar surface area (TPSA) is 48.8 Å². The first kappa shape index (κ1) is 13.3. The molecular weight excluding hydrogens is 260 g/mol. The van der Waals surface area contributed by atoms with Crippen molar-refractivity contribution >= 4 is 10.9 Å². The van der Waals surface area contributed by atoms with Crippen LogP contribution in [0.1, 0.15) is 16.7 Å². The maximum atomic E-state index is 9.58. The lowest BCUT2D eigenvalue weighted by atomic mass is 10.0. The van der Waals surface area contributed by atoms with Crippen molar-refractivity contribution in [3.63, 3.8) is 0 Å². The summed E-state index contributed by atoms with van der Waals surface area (Å²) >= 11 is 0. The molecule has 3 heteroatoms. The van der Waals surface area contributed by atoms with E-state index in [4.69, 9.17) is 4.74 Å². The maximum absolute atomic E-state index is 9.58. The molecule has 0 aliphatic carbocycles. The molecule has 3 aromatic rings. The Morgan fingerprint density at radius 1 is 1.05 bits per heavy atom. The molecule has 1 aromatic heterocycles. The van der Waals surface area contributed by atoms with Gasteiger partial charge < -0.3 is 9.72 Å². The average molecular weight is 276 g/mol. The van der Waals surface area contributed by atoms with Crippen LogP contribution in [-0.2, 0) is 0 Å². The summed E-state index contributed by atoms with van der Waals surface area (Å²) in [5.41, 5.74) is 5.64. The number of aromatic amines is 1. The third-order valence-corrected chi connectivity index (χ3v) is 3.69. The van der Waals surface area contributed by atoms with E-state index in [1.54, 1.807) is 7.11 Å². The van der Waals surface area contributed by atoms with Gasteiger partial charge in [0.25, 0.3) is 0 Å². The Morgan fingerprint density at radius 3 is 2.48 bits per heavy atom. The molecule has 0 saturated heterocycles. The van der Waals surface area contributed by atoms with Crippen molar-refractivity contribution in [2.45, 2.75) is 13.8 Å². The number of nitriles is 1. The van der Waals surface area contributed by atoms with Crippen molar-refractivity contribution < 1.29 is 4.74 Å². The SMILES string of the molecule is COc1ccc(C)cc1-c1[nH]c2ccc(C)cc2c1C#N. The molecule has 21 heavy (non-hydrogen) atoms. The Bertz CT molecular complexity index is 869. The first-order chi connectivity index (χ1) is 10.1. The molecule has 0 bridgehead atoms. The second-order valence-electron chi connectivity index (χ2n) is 5.24. The largest absolute Gasteiger partial charge is 0.496 e. The molecule has 0 atom stereocenters. The highest BCUT2D eigenvalue weighted by Crippen LogP contribution is 2.36. The van der Waals surface area contributed by atoms with Gasteiger partial charge in [0.2, 0.25) is 0 Å². The number of H-pyrrole nitrogens is 1. The molecule has 104 valence electrons. The van der Waals surface area contributed by atoms with Crippen LogP contribution in [0.5, 0.6) is 5.75 Å². The second kappa shape index (κ2) is 4.99. The second-order valence-corrected chi connectivity index (χ2v) is 5.24. The van der Waals surface area contributed by atoms with E-state index in [1.165, 1.54) is 0 Å². The zero-order chi connectivity index (χ0) is 15.0. The lowest BCUT2D eigenvalue weighted by molar-refractivity contribution is 0.416. The fraction of sp³-hybridized carbons (Fsp3) is 0.167. The summed E-state index contributed by atoms with van der Waals surface area (Å²) in [6.07, 6.45) is 0. The molecule has 2 aromatic carbocycles. The number of nitrogens with zero attached hydrogens (tertiary/aromatic N) is 1. The van der Waals surface area contributed by atoms with E-state index in [0.717, 1.165) is 39.0 Å². The summed E-state index contributed by atoms with van der Waals surface area (Å²) in [6, 6.07) is 14.4. The molecule has 0 fully saturated rings. The Hall–Kier alpha value is -2.73. The molecular formula is C18H16N2O. The van der Waals surface area contributed by atoms with E-state index >= 15 is 0 Å². The fourth-order valence-corrected chi connectivity index (χ4v) is 2.64. The van der Waals surface area contributed by atoms with Gasteiger partial charge >= 0.3 is 0 Å². The van der Waals surface area contributed by atoms with E-state index in [2.05, 4.69) is 11.1 Å². The lowest BCUT2D eigenvalue weighted by Crippen LogP contribution is -1.90. The number of rotatable bonds is 2. The molecule has 3 nitrogen and oxygen atoms in total. The van der Waals surface area contributed by atoms with Crippen molar-refractivity contribution in [3.8, 4) is 23.1 Å². The van der Waals surface area contributed by atoms with Crippen LogP contribution in [-0.4, -0.2) is 12.1 Å². The summed E-state index contributed by atoms with van der Waals surface area (Å²) in [5.74, 6) is 0.764. The first-order valence-electron chi connectivity index (χ1n) is 6.81. The third kappa shape index (κ3) is 2.15. The summed E-state index contributed by atoms with van der Waals surface area (Å²) in [4.78, 5) is 3.36. The van der Waals surface area contributed by atoms with Crippen LogP contribution < -0.4 is 4.74 Å². The van der Waals surface area contributed by atoms with Gasteiger partial charge in [0.15, 0.2) is 0 Å². The Kier molecular flexibility index (Phi) is 3.15. The summed E-state index contributed by atoms with van der Waals surface area (Å²) in [7, 11) is 1.65. The number of aromatic nitrogens is 1. The van der Waals surface area contributed by atoms with E-state index in [0.29, 0.717) is 5.56 Å². The van der Waals surface area contributed by atoms with Crippen molar-refractivity contribution in [1.82, 2.24) is 4.98 Å². The van der Waals surface area contributed by atoms with Gasteiger partial charge in [-0.25, -0.2) is 0 Å². The van der Waals surface area contributed by atoms with Gasteiger partial charge in [-0.05, 0) is 38.1 Å². The van der Waals surface area contributed by atoms with Gasteiger partial charge in [0.1, 0.15) is 11.8 Å². The molecule has 0 aliphatic heterocycles. The minimum Gasteiger partial charge on any atom is -0.496 e. The number of nitrogens with one attached hydrogen (secondary N) is 1. The predicted molar refractivity (Wildman–Crippen MR) is 84.5 cm³/mol. The van der Waals surface area contributed by atoms with Crippen molar-refractivity contribution in [2.75, 3.05) is 7.11 Å². The number of benzene rings is 2. The van der Waals surface area contributed by atoms with Gasteiger partial charge in [-0.15, -0.1) is 0 Å². The van der Waals surface area contributed by atoms with Crippen molar-refractivity contribution in [2.24, 2.45) is 0 Å². The molecule has 3 rings (SSSR count). The minimum atomic E-state index is 0.664.